The number of nitrogens with two attached hydrogens (primary N) is 1. The molecule has 7 nitrogen and oxygen atoms in total. The summed E-state index contributed by atoms with van der Waals surface area (Å²) >= 11 is 0. The summed E-state index contributed by atoms with van der Waals surface area (Å²) in [6.45, 7) is 0.600. The van der Waals surface area contributed by atoms with Crippen LogP contribution in [0.1, 0.15) is 12.8 Å². The van der Waals surface area contributed by atoms with Gasteiger partial charge in [0, 0.05) is 12.6 Å². The van der Waals surface area contributed by atoms with Gasteiger partial charge in [-0.2, -0.15) is 0 Å². The Morgan fingerprint density at radius 3 is 2.69 bits per heavy atom. The van der Waals surface area contributed by atoms with Crippen LogP contribution < -0.4 is 11.1 Å². The first-order valence-corrected chi connectivity index (χ1v) is 5.12. The Labute approximate surface area is 92.2 Å². The zero-order chi connectivity index (χ0) is 11.5. The number of hydrogen-bond donors (Lipinski definition) is 2. The van der Waals surface area contributed by atoms with Crippen molar-refractivity contribution >= 4 is 11.6 Å². The maximum Gasteiger partial charge on any atom is 0.305 e. The molecule has 0 amide bonds. The minimum atomic E-state index is -0.528. The Kier molecular flexibility index (Phi) is 2.95. The van der Waals surface area contributed by atoms with Crippen molar-refractivity contribution in [2.75, 3.05) is 11.9 Å². The monoisotopic (exact) mass is 223 g/mol. The lowest BCUT2D eigenvalue weighted by molar-refractivity contribution is -0.385. The molecule has 2 rings (SSSR count). The molecule has 86 valence electrons. The van der Waals surface area contributed by atoms with Crippen LogP contribution >= 0.6 is 0 Å². The van der Waals surface area contributed by atoms with E-state index in [4.69, 9.17) is 5.73 Å². The van der Waals surface area contributed by atoms with Crippen molar-refractivity contribution in [3.8, 4) is 0 Å². The van der Waals surface area contributed by atoms with Gasteiger partial charge in [0.05, 0.1) is 4.92 Å². The predicted octanol–water partition coefficient (Wildman–Crippen LogP) is 0.534. The Bertz CT molecular complexity index is 376. The number of nitro groups is 1. The van der Waals surface area contributed by atoms with E-state index >= 15 is 0 Å². The van der Waals surface area contributed by atoms with Crippen LogP contribution in [0.25, 0.3) is 0 Å². The summed E-state index contributed by atoms with van der Waals surface area (Å²) in [6, 6.07) is 0.110. The summed E-state index contributed by atoms with van der Waals surface area (Å²) in [5.41, 5.74) is 5.76. The molecule has 1 heterocycles. The van der Waals surface area contributed by atoms with Gasteiger partial charge in [-0.15, -0.1) is 0 Å². The number of hydrogen-bond acceptors (Lipinski definition) is 6. The normalized spacial score (nSPS) is 16.8. The van der Waals surface area contributed by atoms with Gasteiger partial charge in [-0.05, 0) is 18.8 Å². The van der Waals surface area contributed by atoms with Crippen LogP contribution in [0.5, 0.6) is 0 Å². The van der Waals surface area contributed by atoms with Crippen LogP contribution in [0.2, 0.25) is 0 Å². The van der Waals surface area contributed by atoms with Crippen molar-refractivity contribution in [2.45, 2.75) is 18.9 Å². The summed E-state index contributed by atoms with van der Waals surface area (Å²) in [6.07, 6.45) is 4.73. The van der Waals surface area contributed by atoms with E-state index in [0.717, 1.165) is 0 Å². The predicted molar refractivity (Wildman–Crippen MR) is 57.9 cm³/mol. The molecule has 3 N–H and O–H groups in total. The summed E-state index contributed by atoms with van der Waals surface area (Å²) in [4.78, 5) is 17.5. The minimum absolute atomic E-state index is 0.110. The van der Waals surface area contributed by atoms with Crippen molar-refractivity contribution in [1.29, 1.82) is 0 Å². The molecule has 1 aliphatic rings. The highest BCUT2D eigenvalue weighted by Gasteiger charge is 2.28. The molecule has 1 aliphatic carbocycles. The Balaban J connectivity index is 1.86. The average molecular weight is 223 g/mol. The van der Waals surface area contributed by atoms with E-state index in [0.29, 0.717) is 18.4 Å². The number of nitrogens with one attached hydrogen (secondary N) is 1. The molecule has 1 saturated carbocycles. The van der Waals surface area contributed by atoms with E-state index in [1.54, 1.807) is 0 Å². The van der Waals surface area contributed by atoms with E-state index in [1.807, 2.05) is 0 Å². The third-order valence-corrected chi connectivity index (χ3v) is 2.57. The summed E-state index contributed by atoms with van der Waals surface area (Å²) < 4.78 is 0. The van der Waals surface area contributed by atoms with Gasteiger partial charge in [-0.3, -0.25) is 10.1 Å². The number of nitrogens with zero attached hydrogens (tertiary/aromatic N) is 3. The average Bonchev–Trinajstić information content (AvgIpc) is 3.10. The first-order chi connectivity index (χ1) is 7.66. The Morgan fingerprint density at radius 1 is 1.56 bits per heavy atom. The van der Waals surface area contributed by atoms with Gasteiger partial charge in [0.1, 0.15) is 12.4 Å². The molecule has 0 aliphatic heterocycles. The lowest BCUT2D eigenvalue weighted by Gasteiger charge is -2.10. The summed E-state index contributed by atoms with van der Waals surface area (Å²) in [5, 5.41) is 13.3. The van der Waals surface area contributed by atoms with Crippen molar-refractivity contribution in [1.82, 2.24) is 9.97 Å². The standard InChI is InChI=1S/C9H13N5O2/c10-8(6-1-2-6)5-13-9-11-3-7(4-12-9)14(15)16/h3-4,6,8H,1-2,5,10H2,(H,11,12,13). The van der Waals surface area contributed by atoms with Crippen molar-refractivity contribution < 1.29 is 4.92 Å². The van der Waals surface area contributed by atoms with Gasteiger partial charge in [0.25, 0.3) is 0 Å². The third-order valence-electron chi connectivity index (χ3n) is 2.57. The molecule has 7 heteroatoms. The molecular formula is C9H13N5O2. The molecule has 0 radical (unpaired) electrons. The molecule has 1 fully saturated rings. The van der Waals surface area contributed by atoms with Gasteiger partial charge in [-0.25, -0.2) is 9.97 Å². The van der Waals surface area contributed by atoms with Crippen molar-refractivity contribution in [3.05, 3.63) is 22.5 Å². The zero-order valence-electron chi connectivity index (χ0n) is 8.67. The molecule has 0 spiro atoms. The SMILES string of the molecule is NC(CNc1ncc([N+](=O)[O-])cn1)C1CC1. The Morgan fingerprint density at radius 2 is 2.19 bits per heavy atom. The fourth-order valence-electron chi connectivity index (χ4n) is 1.41. The quantitative estimate of drug-likeness (QED) is 0.557. The first-order valence-electron chi connectivity index (χ1n) is 5.12. The van der Waals surface area contributed by atoms with E-state index < -0.39 is 4.92 Å². The van der Waals surface area contributed by atoms with Crippen LogP contribution in [0.15, 0.2) is 12.4 Å². The van der Waals surface area contributed by atoms with Gasteiger partial charge in [0.15, 0.2) is 0 Å². The smallest absolute Gasteiger partial charge is 0.305 e. The van der Waals surface area contributed by atoms with Crippen LogP contribution in [-0.4, -0.2) is 27.5 Å². The summed E-state index contributed by atoms with van der Waals surface area (Å²) in [7, 11) is 0. The fourth-order valence-corrected chi connectivity index (χ4v) is 1.41. The first kappa shape index (κ1) is 10.7. The molecule has 0 saturated heterocycles. The largest absolute Gasteiger partial charge is 0.353 e. The van der Waals surface area contributed by atoms with Crippen molar-refractivity contribution in [2.24, 2.45) is 11.7 Å². The molecule has 0 aromatic carbocycles. The van der Waals surface area contributed by atoms with E-state index in [2.05, 4.69) is 15.3 Å². The van der Waals surface area contributed by atoms with Crippen LogP contribution in [0, 0.1) is 16.0 Å². The number of rotatable bonds is 5. The van der Waals surface area contributed by atoms with Gasteiger partial charge < -0.3 is 11.1 Å². The Hall–Kier alpha value is -1.76. The van der Waals surface area contributed by atoms with Crippen molar-refractivity contribution in [3.63, 3.8) is 0 Å². The van der Waals surface area contributed by atoms with E-state index in [9.17, 15) is 10.1 Å². The highest BCUT2D eigenvalue weighted by atomic mass is 16.6. The van der Waals surface area contributed by atoms with Crippen LogP contribution in [-0.2, 0) is 0 Å². The van der Waals surface area contributed by atoms with E-state index in [-0.39, 0.29) is 11.7 Å². The highest BCUT2D eigenvalue weighted by Crippen LogP contribution is 2.31. The highest BCUT2D eigenvalue weighted by molar-refractivity contribution is 5.30. The van der Waals surface area contributed by atoms with Gasteiger partial charge in [-0.1, -0.05) is 0 Å². The fraction of sp³-hybridized carbons (Fsp3) is 0.556. The summed E-state index contributed by atoms with van der Waals surface area (Å²) in [5.74, 6) is 0.979. The topological polar surface area (TPSA) is 107 Å². The minimum Gasteiger partial charge on any atom is -0.353 e. The second kappa shape index (κ2) is 4.40. The lowest BCUT2D eigenvalue weighted by atomic mass is 10.2. The third kappa shape index (κ3) is 2.63. The van der Waals surface area contributed by atoms with Gasteiger partial charge in [0.2, 0.25) is 5.95 Å². The molecular weight excluding hydrogens is 210 g/mol. The number of anilines is 1. The van der Waals surface area contributed by atoms with E-state index in [1.165, 1.54) is 25.2 Å². The molecule has 16 heavy (non-hydrogen) atoms. The second-order valence-corrected chi connectivity index (χ2v) is 3.90. The zero-order valence-corrected chi connectivity index (χ0v) is 8.67. The molecule has 1 aromatic rings. The molecule has 1 aromatic heterocycles. The second-order valence-electron chi connectivity index (χ2n) is 3.90. The molecule has 1 unspecified atom stereocenters. The maximum atomic E-state index is 10.4. The molecule has 1 atom stereocenters. The lowest BCUT2D eigenvalue weighted by Crippen LogP contribution is -2.31. The van der Waals surface area contributed by atoms with Crippen LogP contribution in [0.3, 0.4) is 0 Å². The van der Waals surface area contributed by atoms with Gasteiger partial charge >= 0.3 is 5.69 Å². The molecule has 0 bridgehead atoms. The van der Waals surface area contributed by atoms with Crippen LogP contribution in [0.4, 0.5) is 11.6 Å². The maximum absolute atomic E-state index is 10.4. The number of aromatic nitrogens is 2.